The predicted molar refractivity (Wildman–Crippen MR) is 69.5 cm³/mol. The minimum absolute atomic E-state index is 0.138. The molecule has 1 aromatic rings. The normalized spacial score (nSPS) is 27.1. The second-order valence-corrected chi connectivity index (χ2v) is 5.84. The number of likely N-dealkylation sites (tertiary alicyclic amines) is 1. The Morgan fingerprint density at radius 2 is 2.33 bits per heavy atom. The average molecular weight is 247 g/mol. The molecule has 0 spiro atoms. The van der Waals surface area contributed by atoms with Gasteiger partial charge in [0.25, 0.3) is 0 Å². The summed E-state index contributed by atoms with van der Waals surface area (Å²) >= 11 is 0. The second-order valence-electron chi connectivity index (χ2n) is 5.84. The van der Waals surface area contributed by atoms with Crippen molar-refractivity contribution in [3.8, 4) is 0 Å². The molecule has 0 radical (unpaired) electrons. The number of rotatable bonds is 3. The third-order valence-corrected chi connectivity index (χ3v) is 4.57. The van der Waals surface area contributed by atoms with Crippen molar-refractivity contribution in [3.05, 3.63) is 23.8 Å². The van der Waals surface area contributed by atoms with Crippen LogP contribution in [0.1, 0.15) is 43.1 Å². The number of aliphatic hydroxyl groups excluding tert-OH is 1. The van der Waals surface area contributed by atoms with Crippen LogP contribution in [0.15, 0.2) is 12.3 Å². The summed E-state index contributed by atoms with van der Waals surface area (Å²) in [5.74, 6) is 1.40. The molecule has 2 fully saturated rings. The summed E-state index contributed by atoms with van der Waals surface area (Å²) in [5, 5.41) is 9.60. The van der Waals surface area contributed by atoms with Crippen LogP contribution >= 0.6 is 0 Å². The lowest BCUT2D eigenvalue weighted by molar-refractivity contribution is 0.112. The first-order valence-electron chi connectivity index (χ1n) is 6.86. The average Bonchev–Trinajstić information content (AvgIpc) is 2.76. The van der Waals surface area contributed by atoms with E-state index in [0.717, 1.165) is 37.4 Å². The van der Waals surface area contributed by atoms with Crippen LogP contribution in [0.4, 0.5) is 0 Å². The standard InChI is InChI=1S/C14H21N3O/c1-17-8-4-11(9-17)12-3-7-15-13(16-12)14(10-18)5-2-6-14/h3,7,11,18H,2,4-6,8-10H2,1H3. The van der Waals surface area contributed by atoms with Crippen LogP contribution in [0.25, 0.3) is 0 Å². The van der Waals surface area contributed by atoms with E-state index in [1.165, 1.54) is 12.8 Å². The Hall–Kier alpha value is -1.00. The lowest BCUT2D eigenvalue weighted by Gasteiger charge is -2.38. The molecule has 1 unspecified atom stereocenters. The summed E-state index contributed by atoms with van der Waals surface area (Å²) in [6.45, 7) is 2.42. The second kappa shape index (κ2) is 4.59. The van der Waals surface area contributed by atoms with Crippen molar-refractivity contribution in [3.63, 3.8) is 0 Å². The molecule has 1 N–H and O–H groups in total. The van der Waals surface area contributed by atoms with Gasteiger partial charge in [-0.15, -0.1) is 0 Å². The number of hydrogen-bond acceptors (Lipinski definition) is 4. The van der Waals surface area contributed by atoms with Crippen molar-refractivity contribution in [1.82, 2.24) is 14.9 Å². The molecule has 1 atom stereocenters. The Morgan fingerprint density at radius 1 is 1.50 bits per heavy atom. The van der Waals surface area contributed by atoms with Gasteiger partial charge in [0.15, 0.2) is 0 Å². The molecule has 1 aromatic heterocycles. The fourth-order valence-electron chi connectivity index (χ4n) is 3.09. The zero-order valence-corrected chi connectivity index (χ0v) is 11.0. The molecule has 1 saturated carbocycles. The first-order valence-corrected chi connectivity index (χ1v) is 6.86. The summed E-state index contributed by atoms with van der Waals surface area (Å²) < 4.78 is 0. The van der Waals surface area contributed by atoms with Crippen molar-refractivity contribution in [2.75, 3.05) is 26.7 Å². The molecule has 4 nitrogen and oxygen atoms in total. The Kier molecular flexibility index (Phi) is 3.08. The number of nitrogens with zero attached hydrogens (tertiary/aromatic N) is 3. The van der Waals surface area contributed by atoms with E-state index in [4.69, 9.17) is 4.98 Å². The number of hydrogen-bond donors (Lipinski definition) is 1. The third-order valence-electron chi connectivity index (χ3n) is 4.57. The Balaban J connectivity index is 1.85. The van der Waals surface area contributed by atoms with Crippen LogP contribution in [-0.4, -0.2) is 46.7 Å². The quantitative estimate of drug-likeness (QED) is 0.875. The number of likely N-dealkylation sites (N-methyl/N-ethyl adjacent to an activating group) is 1. The van der Waals surface area contributed by atoms with Crippen molar-refractivity contribution < 1.29 is 5.11 Å². The van der Waals surface area contributed by atoms with Crippen molar-refractivity contribution in [2.45, 2.75) is 37.0 Å². The molecule has 18 heavy (non-hydrogen) atoms. The SMILES string of the molecule is CN1CCC(c2ccnc(C3(CO)CCC3)n2)C1. The molecule has 3 rings (SSSR count). The molecule has 4 heteroatoms. The molecule has 0 bridgehead atoms. The summed E-state index contributed by atoms with van der Waals surface area (Å²) in [6.07, 6.45) is 6.28. The monoisotopic (exact) mass is 247 g/mol. The molecular formula is C14H21N3O. The Morgan fingerprint density at radius 3 is 2.89 bits per heavy atom. The predicted octanol–water partition coefficient (Wildman–Crippen LogP) is 1.31. The van der Waals surface area contributed by atoms with Gasteiger partial charge in [-0.3, -0.25) is 0 Å². The van der Waals surface area contributed by atoms with E-state index in [9.17, 15) is 5.11 Å². The van der Waals surface area contributed by atoms with Crippen LogP contribution in [-0.2, 0) is 5.41 Å². The maximum Gasteiger partial charge on any atom is 0.136 e. The van der Waals surface area contributed by atoms with Crippen LogP contribution in [0.5, 0.6) is 0 Å². The number of aromatic nitrogens is 2. The highest BCUT2D eigenvalue weighted by Gasteiger charge is 2.41. The Bertz CT molecular complexity index is 425. The van der Waals surface area contributed by atoms with E-state index in [2.05, 4.69) is 16.9 Å². The first kappa shape index (κ1) is 12.1. The third kappa shape index (κ3) is 1.93. The van der Waals surface area contributed by atoms with Gasteiger partial charge in [0.05, 0.1) is 12.0 Å². The topological polar surface area (TPSA) is 49.2 Å². The minimum atomic E-state index is -0.138. The molecule has 1 aliphatic carbocycles. The van der Waals surface area contributed by atoms with E-state index in [1.807, 2.05) is 12.3 Å². The highest BCUT2D eigenvalue weighted by Crippen LogP contribution is 2.41. The van der Waals surface area contributed by atoms with Crippen molar-refractivity contribution >= 4 is 0 Å². The molecule has 0 amide bonds. The van der Waals surface area contributed by atoms with Gasteiger partial charge in [-0.25, -0.2) is 9.97 Å². The molecule has 0 aromatic carbocycles. The van der Waals surface area contributed by atoms with Gasteiger partial charge in [0, 0.05) is 24.4 Å². The molecule has 1 saturated heterocycles. The van der Waals surface area contributed by atoms with Crippen LogP contribution in [0.2, 0.25) is 0 Å². The van der Waals surface area contributed by atoms with Crippen LogP contribution in [0.3, 0.4) is 0 Å². The lowest BCUT2D eigenvalue weighted by atomic mass is 9.68. The van der Waals surface area contributed by atoms with E-state index >= 15 is 0 Å². The zero-order valence-electron chi connectivity index (χ0n) is 11.0. The minimum Gasteiger partial charge on any atom is -0.395 e. The van der Waals surface area contributed by atoms with Crippen molar-refractivity contribution in [1.29, 1.82) is 0 Å². The lowest BCUT2D eigenvalue weighted by Crippen LogP contribution is -2.40. The molecule has 2 aliphatic rings. The zero-order chi connectivity index (χ0) is 12.6. The molecule has 1 aliphatic heterocycles. The smallest absolute Gasteiger partial charge is 0.136 e. The summed E-state index contributed by atoms with van der Waals surface area (Å²) in [6, 6.07) is 2.04. The summed E-state index contributed by atoms with van der Waals surface area (Å²) in [4.78, 5) is 11.5. The van der Waals surface area contributed by atoms with Crippen molar-refractivity contribution in [2.24, 2.45) is 0 Å². The largest absolute Gasteiger partial charge is 0.395 e. The highest BCUT2D eigenvalue weighted by atomic mass is 16.3. The van der Waals surface area contributed by atoms with Gasteiger partial charge in [0.2, 0.25) is 0 Å². The van der Waals surface area contributed by atoms with Gasteiger partial charge in [-0.1, -0.05) is 6.42 Å². The first-order chi connectivity index (χ1) is 8.73. The van der Waals surface area contributed by atoms with Crippen LogP contribution < -0.4 is 0 Å². The highest BCUT2D eigenvalue weighted by molar-refractivity contribution is 5.18. The molecular weight excluding hydrogens is 226 g/mol. The van der Waals surface area contributed by atoms with Crippen LogP contribution in [0, 0.1) is 0 Å². The summed E-state index contributed by atoms with van der Waals surface area (Å²) in [7, 11) is 2.16. The fourth-order valence-corrected chi connectivity index (χ4v) is 3.09. The molecule has 2 heterocycles. The van der Waals surface area contributed by atoms with E-state index in [0.29, 0.717) is 5.92 Å². The Labute approximate surface area is 108 Å². The maximum absolute atomic E-state index is 9.60. The van der Waals surface area contributed by atoms with E-state index < -0.39 is 0 Å². The van der Waals surface area contributed by atoms with Gasteiger partial charge >= 0.3 is 0 Å². The summed E-state index contributed by atoms with van der Waals surface area (Å²) in [5.41, 5.74) is 1.02. The van der Waals surface area contributed by atoms with Gasteiger partial charge in [0.1, 0.15) is 5.82 Å². The maximum atomic E-state index is 9.60. The molecule has 98 valence electrons. The number of aliphatic hydroxyl groups is 1. The van der Waals surface area contributed by atoms with Gasteiger partial charge < -0.3 is 10.0 Å². The van der Waals surface area contributed by atoms with E-state index in [1.54, 1.807) is 0 Å². The fraction of sp³-hybridized carbons (Fsp3) is 0.714. The van der Waals surface area contributed by atoms with Gasteiger partial charge in [-0.05, 0) is 38.9 Å². The van der Waals surface area contributed by atoms with E-state index in [-0.39, 0.29) is 12.0 Å². The van der Waals surface area contributed by atoms with Gasteiger partial charge in [-0.2, -0.15) is 0 Å².